The second-order valence-corrected chi connectivity index (χ2v) is 8.80. The molecule has 0 spiro atoms. The third-order valence-electron chi connectivity index (χ3n) is 4.76. The molecule has 3 aromatic heterocycles. The lowest BCUT2D eigenvalue weighted by atomic mass is 10.0. The Morgan fingerprint density at radius 2 is 2.04 bits per heavy atom. The molecule has 3 heterocycles. The van der Waals surface area contributed by atoms with E-state index >= 15 is 0 Å². The van der Waals surface area contributed by atoms with Gasteiger partial charge in [0.2, 0.25) is 5.13 Å². The Kier molecular flexibility index (Phi) is 6.00. The fourth-order valence-corrected chi connectivity index (χ4v) is 4.53. The summed E-state index contributed by atoms with van der Waals surface area (Å²) in [4.78, 5) is 18.0. The van der Waals surface area contributed by atoms with Gasteiger partial charge in [-0.05, 0) is 44.6 Å². The molecule has 0 aromatic carbocycles. The Hall–Kier alpha value is -2.06. The molecule has 0 radical (unpaired) electrons. The summed E-state index contributed by atoms with van der Waals surface area (Å²) in [5, 5.41) is 18.1. The summed E-state index contributed by atoms with van der Waals surface area (Å²) in [6, 6.07) is 0.187. The molecular formula is C19H25ClN6OS. The molecular weight excluding hydrogens is 396 g/mol. The second-order valence-electron chi connectivity index (χ2n) is 7.74. The molecule has 0 bridgehead atoms. The topological polar surface area (TPSA) is 85.6 Å². The van der Waals surface area contributed by atoms with Crippen molar-refractivity contribution < 1.29 is 4.79 Å². The quantitative estimate of drug-likeness (QED) is 0.667. The van der Waals surface area contributed by atoms with Gasteiger partial charge in [0.1, 0.15) is 5.01 Å². The molecule has 1 amide bonds. The minimum Gasteiger partial charge on any atom is -0.296 e. The first-order valence-corrected chi connectivity index (χ1v) is 10.3. The zero-order valence-electron chi connectivity index (χ0n) is 16.5. The summed E-state index contributed by atoms with van der Waals surface area (Å²) < 4.78 is 1.89. The number of halogens is 1. The Bertz CT molecular complexity index is 1010. The normalized spacial score (nSPS) is 13.2. The number of nitrogens with zero attached hydrogens (tertiary/aromatic N) is 5. The maximum absolute atomic E-state index is 13.2. The van der Waals surface area contributed by atoms with E-state index in [1.165, 1.54) is 11.3 Å². The number of nitrogens with one attached hydrogen (secondary N) is 1. The van der Waals surface area contributed by atoms with E-state index in [4.69, 9.17) is 4.98 Å². The molecule has 0 aliphatic heterocycles. The van der Waals surface area contributed by atoms with Crippen LogP contribution >= 0.6 is 23.7 Å². The van der Waals surface area contributed by atoms with Crippen molar-refractivity contribution >= 4 is 45.8 Å². The van der Waals surface area contributed by atoms with Gasteiger partial charge < -0.3 is 0 Å². The molecule has 9 heteroatoms. The predicted molar refractivity (Wildman–Crippen MR) is 114 cm³/mol. The van der Waals surface area contributed by atoms with Gasteiger partial charge in [-0.2, -0.15) is 5.10 Å². The van der Waals surface area contributed by atoms with E-state index in [9.17, 15) is 4.79 Å². The van der Waals surface area contributed by atoms with Crippen molar-refractivity contribution in [1.82, 2.24) is 25.0 Å². The first kappa shape index (κ1) is 20.7. The van der Waals surface area contributed by atoms with E-state index in [-0.39, 0.29) is 24.4 Å². The average molecular weight is 421 g/mol. The highest BCUT2D eigenvalue weighted by molar-refractivity contribution is 7.15. The molecule has 4 rings (SSSR count). The molecule has 7 nitrogen and oxygen atoms in total. The smallest absolute Gasteiger partial charge is 0.258 e. The highest BCUT2D eigenvalue weighted by Crippen LogP contribution is 2.31. The number of carbonyl (C=O) groups is 1. The number of hydrogen-bond acceptors (Lipinski definition) is 6. The van der Waals surface area contributed by atoms with E-state index in [1.54, 1.807) is 6.20 Å². The molecule has 0 saturated heterocycles. The minimum atomic E-state index is -0.142. The van der Waals surface area contributed by atoms with Crippen LogP contribution in [0.25, 0.3) is 11.0 Å². The van der Waals surface area contributed by atoms with Gasteiger partial charge in [-0.1, -0.05) is 25.2 Å². The van der Waals surface area contributed by atoms with E-state index in [0.29, 0.717) is 16.6 Å². The standard InChI is InChI=1S/C19H24N6OS.ClH/c1-10(2)8-15-23-24-19(27-15)22-18(26)16-12-6-5-7-14(12)21-17-13(16)9-20-25(17)11(3)4;/h9-11H,5-8H2,1-4H3,(H,22,24,26);1H. The van der Waals surface area contributed by atoms with Gasteiger partial charge in [0.05, 0.1) is 17.1 Å². The van der Waals surface area contributed by atoms with Crippen LogP contribution in [0.3, 0.4) is 0 Å². The van der Waals surface area contributed by atoms with Crippen LogP contribution in [0.15, 0.2) is 6.20 Å². The highest BCUT2D eigenvalue weighted by Gasteiger charge is 2.26. The molecule has 0 unspecified atom stereocenters. The van der Waals surface area contributed by atoms with E-state index < -0.39 is 0 Å². The summed E-state index contributed by atoms with van der Waals surface area (Å²) in [7, 11) is 0. The van der Waals surface area contributed by atoms with Crippen LogP contribution in [0.2, 0.25) is 0 Å². The van der Waals surface area contributed by atoms with Crippen LogP contribution in [-0.2, 0) is 19.3 Å². The number of amides is 1. The lowest BCUT2D eigenvalue weighted by molar-refractivity contribution is 0.102. The van der Waals surface area contributed by atoms with E-state index in [1.807, 2.05) is 4.68 Å². The largest absolute Gasteiger partial charge is 0.296 e. The van der Waals surface area contributed by atoms with Gasteiger partial charge in [0, 0.05) is 18.2 Å². The maximum atomic E-state index is 13.2. The third-order valence-corrected chi connectivity index (χ3v) is 5.62. The maximum Gasteiger partial charge on any atom is 0.258 e. The molecule has 0 fully saturated rings. The van der Waals surface area contributed by atoms with Crippen molar-refractivity contribution in [1.29, 1.82) is 0 Å². The lowest BCUT2D eigenvalue weighted by Gasteiger charge is -2.11. The Morgan fingerprint density at radius 3 is 2.75 bits per heavy atom. The summed E-state index contributed by atoms with van der Waals surface area (Å²) in [5.41, 5.74) is 3.55. The fraction of sp³-hybridized carbons (Fsp3) is 0.526. The summed E-state index contributed by atoms with van der Waals surface area (Å²) in [5.74, 6) is 0.363. The van der Waals surface area contributed by atoms with Gasteiger partial charge in [0.25, 0.3) is 5.91 Å². The zero-order chi connectivity index (χ0) is 19.1. The number of aromatic nitrogens is 5. The number of rotatable bonds is 5. The molecule has 3 aromatic rings. The molecule has 1 N–H and O–H groups in total. The monoisotopic (exact) mass is 420 g/mol. The van der Waals surface area contributed by atoms with Crippen LogP contribution in [-0.4, -0.2) is 30.9 Å². The van der Waals surface area contributed by atoms with Gasteiger partial charge in [-0.15, -0.1) is 22.6 Å². The van der Waals surface area contributed by atoms with E-state index in [0.717, 1.165) is 53.0 Å². The number of fused-ring (bicyclic) bond motifs is 2. The van der Waals surface area contributed by atoms with Gasteiger partial charge in [0.15, 0.2) is 5.65 Å². The summed E-state index contributed by atoms with van der Waals surface area (Å²) >= 11 is 1.44. The predicted octanol–water partition coefficient (Wildman–Crippen LogP) is 4.23. The number of anilines is 1. The average Bonchev–Trinajstić information content (AvgIpc) is 3.31. The Labute approximate surface area is 174 Å². The Balaban J connectivity index is 0.00000225. The first-order chi connectivity index (χ1) is 12.9. The molecule has 0 saturated carbocycles. The zero-order valence-corrected chi connectivity index (χ0v) is 18.2. The first-order valence-electron chi connectivity index (χ1n) is 9.46. The van der Waals surface area contributed by atoms with E-state index in [2.05, 4.69) is 48.3 Å². The van der Waals surface area contributed by atoms with Gasteiger partial charge >= 0.3 is 0 Å². The van der Waals surface area contributed by atoms with Crippen LogP contribution < -0.4 is 5.32 Å². The summed E-state index contributed by atoms with van der Waals surface area (Å²) in [6.45, 7) is 8.42. The molecule has 0 atom stereocenters. The van der Waals surface area contributed by atoms with Crippen molar-refractivity contribution in [2.24, 2.45) is 5.92 Å². The fourth-order valence-electron chi connectivity index (χ4n) is 3.59. The third kappa shape index (κ3) is 3.75. The number of hydrogen-bond donors (Lipinski definition) is 1. The number of aryl methyl sites for hydroxylation is 1. The van der Waals surface area contributed by atoms with Crippen molar-refractivity contribution in [2.75, 3.05) is 5.32 Å². The molecule has 1 aliphatic carbocycles. The van der Waals surface area contributed by atoms with Gasteiger partial charge in [-0.25, -0.2) is 9.67 Å². The van der Waals surface area contributed by atoms with Crippen molar-refractivity contribution in [3.8, 4) is 0 Å². The van der Waals surface area contributed by atoms with Crippen molar-refractivity contribution in [3.63, 3.8) is 0 Å². The second kappa shape index (κ2) is 8.13. The lowest BCUT2D eigenvalue weighted by Crippen LogP contribution is -2.16. The SMILES string of the molecule is CC(C)Cc1nnc(NC(=O)c2c3c(nc4c2cnn4C(C)C)CCC3)s1.Cl. The Morgan fingerprint density at radius 1 is 1.25 bits per heavy atom. The number of carbonyl (C=O) groups excluding carboxylic acids is 1. The summed E-state index contributed by atoms with van der Waals surface area (Å²) in [6.07, 6.45) is 5.44. The molecule has 150 valence electrons. The highest BCUT2D eigenvalue weighted by atomic mass is 35.5. The van der Waals surface area contributed by atoms with Crippen LogP contribution in [0, 0.1) is 5.92 Å². The van der Waals surface area contributed by atoms with Crippen molar-refractivity contribution in [2.45, 2.75) is 59.4 Å². The van der Waals surface area contributed by atoms with Gasteiger partial charge in [-0.3, -0.25) is 10.1 Å². The van der Waals surface area contributed by atoms with Crippen LogP contribution in [0.1, 0.15) is 66.8 Å². The molecule has 1 aliphatic rings. The van der Waals surface area contributed by atoms with Crippen LogP contribution in [0.5, 0.6) is 0 Å². The van der Waals surface area contributed by atoms with Crippen molar-refractivity contribution in [3.05, 3.63) is 28.0 Å². The minimum absolute atomic E-state index is 0. The van der Waals surface area contributed by atoms with Crippen LogP contribution in [0.4, 0.5) is 5.13 Å². The number of pyridine rings is 1. The molecule has 28 heavy (non-hydrogen) atoms.